The minimum absolute atomic E-state index is 0.0949. The minimum atomic E-state index is -1.06. The van der Waals surface area contributed by atoms with E-state index in [2.05, 4.69) is 39.4 Å². The molecule has 0 bridgehead atoms. The summed E-state index contributed by atoms with van der Waals surface area (Å²) in [4.78, 5) is 23.9. The number of amides is 1. The lowest BCUT2D eigenvalue weighted by Gasteiger charge is -2.12. The lowest BCUT2D eigenvalue weighted by atomic mass is 10.1. The first-order valence-electron chi connectivity index (χ1n) is 11.7. The van der Waals surface area contributed by atoms with Crippen molar-refractivity contribution >= 4 is 29.7 Å². The zero-order chi connectivity index (χ0) is 26.6. The molecular weight excluding hydrogens is 502 g/mol. The maximum absolute atomic E-state index is 12.6. The molecule has 0 saturated heterocycles. The van der Waals surface area contributed by atoms with E-state index >= 15 is 0 Å². The second-order valence-electron chi connectivity index (χ2n) is 8.51. The number of halogens is 1. The van der Waals surface area contributed by atoms with Crippen molar-refractivity contribution in [3.63, 3.8) is 0 Å². The van der Waals surface area contributed by atoms with E-state index in [1.165, 1.54) is 24.4 Å². The van der Waals surface area contributed by atoms with Crippen molar-refractivity contribution in [3.05, 3.63) is 125 Å². The molecule has 0 unspecified atom stereocenters. The number of carbonyl (C=O) groups excluding carboxylic acids is 1. The van der Waals surface area contributed by atoms with Crippen molar-refractivity contribution in [2.24, 2.45) is 5.10 Å². The zero-order valence-electron chi connectivity index (χ0n) is 20.3. The van der Waals surface area contributed by atoms with Gasteiger partial charge >= 0.3 is 5.97 Å². The molecule has 0 fully saturated rings. The summed E-state index contributed by atoms with van der Waals surface area (Å²) in [7, 11) is 0. The standard InChI is InChI=1S/C30H22ClN3O4/c1-19-7-15-27(20-5-3-2-4-6-20)34(19)23-11-8-21(9-12-23)29(35)33-32-18-24-13-16-28(38-24)25-17-22(30(36)37)10-14-26(25)31/h2-18H,1H3,(H,33,35)(H,36,37)/b32-18+. The molecular formula is C30H22ClN3O4. The fraction of sp³-hybridized carbons (Fsp3) is 0.0333. The summed E-state index contributed by atoms with van der Waals surface area (Å²) in [6.07, 6.45) is 1.36. The fourth-order valence-corrected chi connectivity index (χ4v) is 4.32. The van der Waals surface area contributed by atoms with Crippen molar-refractivity contribution in [1.29, 1.82) is 0 Å². The first kappa shape index (κ1) is 24.8. The Bertz CT molecular complexity index is 1650. The molecule has 3 aromatic carbocycles. The molecule has 5 aromatic rings. The number of hydrogen-bond donors (Lipinski definition) is 2. The average Bonchev–Trinajstić information content (AvgIpc) is 3.56. The topological polar surface area (TPSA) is 96.8 Å². The monoisotopic (exact) mass is 523 g/mol. The Morgan fingerprint density at radius 3 is 2.39 bits per heavy atom. The maximum Gasteiger partial charge on any atom is 0.335 e. The highest BCUT2D eigenvalue weighted by Gasteiger charge is 2.13. The van der Waals surface area contributed by atoms with Gasteiger partial charge in [-0.05, 0) is 79.2 Å². The number of rotatable bonds is 7. The van der Waals surface area contributed by atoms with Crippen LogP contribution in [-0.4, -0.2) is 27.8 Å². The van der Waals surface area contributed by atoms with Gasteiger partial charge in [0.1, 0.15) is 11.5 Å². The van der Waals surface area contributed by atoms with Crippen molar-refractivity contribution in [2.75, 3.05) is 0 Å². The number of carboxylic acid groups (broad SMARTS) is 1. The van der Waals surface area contributed by atoms with Crippen molar-refractivity contribution < 1.29 is 19.1 Å². The lowest BCUT2D eigenvalue weighted by Crippen LogP contribution is -2.17. The number of aryl methyl sites for hydroxylation is 1. The quantitative estimate of drug-likeness (QED) is 0.180. The molecule has 2 heterocycles. The van der Waals surface area contributed by atoms with Crippen LogP contribution in [-0.2, 0) is 0 Å². The molecule has 0 aliphatic heterocycles. The molecule has 38 heavy (non-hydrogen) atoms. The second kappa shape index (κ2) is 10.6. The number of aromatic nitrogens is 1. The molecule has 2 aromatic heterocycles. The van der Waals surface area contributed by atoms with Gasteiger partial charge in [0.05, 0.1) is 22.5 Å². The molecule has 0 spiro atoms. The number of aromatic carboxylic acids is 1. The number of hydrogen-bond acceptors (Lipinski definition) is 4. The first-order valence-corrected chi connectivity index (χ1v) is 12.1. The summed E-state index contributed by atoms with van der Waals surface area (Å²) in [6.45, 7) is 2.04. The molecule has 0 saturated carbocycles. The highest BCUT2D eigenvalue weighted by atomic mass is 35.5. The van der Waals surface area contributed by atoms with E-state index in [1.54, 1.807) is 24.3 Å². The van der Waals surface area contributed by atoms with E-state index in [-0.39, 0.29) is 11.5 Å². The summed E-state index contributed by atoms with van der Waals surface area (Å²) >= 11 is 6.21. The normalized spacial score (nSPS) is 11.1. The zero-order valence-corrected chi connectivity index (χ0v) is 21.0. The number of hydrazone groups is 1. The van der Waals surface area contributed by atoms with E-state index < -0.39 is 5.97 Å². The third kappa shape index (κ3) is 5.14. The van der Waals surface area contributed by atoms with Crippen molar-refractivity contribution in [3.8, 4) is 28.3 Å². The Morgan fingerprint density at radius 1 is 0.921 bits per heavy atom. The van der Waals surface area contributed by atoms with Crippen LogP contribution in [0.15, 0.2) is 107 Å². The van der Waals surface area contributed by atoms with Crippen LogP contribution in [0.25, 0.3) is 28.3 Å². The van der Waals surface area contributed by atoms with Gasteiger partial charge in [0.2, 0.25) is 0 Å². The van der Waals surface area contributed by atoms with Crippen LogP contribution in [0.2, 0.25) is 5.02 Å². The van der Waals surface area contributed by atoms with E-state index in [9.17, 15) is 14.7 Å². The number of nitrogens with zero attached hydrogens (tertiary/aromatic N) is 2. The van der Waals surface area contributed by atoms with Gasteiger partial charge in [0.15, 0.2) is 0 Å². The van der Waals surface area contributed by atoms with Crippen LogP contribution in [0.5, 0.6) is 0 Å². The predicted molar refractivity (Wildman–Crippen MR) is 147 cm³/mol. The van der Waals surface area contributed by atoms with Gasteiger partial charge in [-0.15, -0.1) is 0 Å². The molecule has 1 amide bonds. The van der Waals surface area contributed by atoms with E-state index in [1.807, 2.05) is 37.3 Å². The van der Waals surface area contributed by atoms with Crippen LogP contribution >= 0.6 is 11.6 Å². The smallest absolute Gasteiger partial charge is 0.335 e. The number of carbonyl (C=O) groups is 2. The lowest BCUT2D eigenvalue weighted by molar-refractivity contribution is 0.0696. The summed E-state index contributed by atoms with van der Waals surface area (Å²) in [5.74, 6) is -0.683. The van der Waals surface area contributed by atoms with Gasteiger partial charge < -0.3 is 14.1 Å². The van der Waals surface area contributed by atoms with Gasteiger partial charge in [0.25, 0.3) is 5.91 Å². The first-order chi connectivity index (χ1) is 18.4. The largest absolute Gasteiger partial charge is 0.478 e. The van der Waals surface area contributed by atoms with Crippen LogP contribution in [0.1, 0.15) is 32.2 Å². The number of benzene rings is 3. The Kier molecular flexibility index (Phi) is 6.93. The van der Waals surface area contributed by atoms with Crippen molar-refractivity contribution in [2.45, 2.75) is 6.92 Å². The molecule has 0 atom stereocenters. The summed E-state index contributed by atoms with van der Waals surface area (Å²) < 4.78 is 7.85. The summed E-state index contributed by atoms with van der Waals surface area (Å²) in [5.41, 5.74) is 7.69. The van der Waals surface area contributed by atoms with Gasteiger partial charge in [-0.2, -0.15) is 5.10 Å². The van der Waals surface area contributed by atoms with E-state index in [4.69, 9.17) is 16.0 Å². The molecule has 8 heteroatoms. The molecule has 0 radical (unpaired) electrons. The van der Waals surface area contributed by atoms with E-state index in [0.29, 0.717) is 27.7 Å². The molecule has 5 rings (SSSR count). The Morgan fingerprint density at radius 2 is 1.66 bits per heavy atom. The second-order valence-corrected chi connectivity index (χ2v) is 8.92. The fourth-order valence-electron chi connectivity index (χ4n) is 4.11. The molecule has 188 valence electrons. The number of nitrogens with one attached hydrogen (secondary N) is 1. The maximum atomic E-state index is 12.6. The van der Waals surface area contributed by atoms with Crippen molar-refractivity contribution in [1.82, 2.24) is 9.99 Å². The van der Waals surface area contributed by atoms with Crippen LogP contribution < -0.4 is 5.43 Å². The Balaban J connectivity index is 1.27. The minimum Gasteiger partial charge on any atom is -0.478 e. The molecule has 0 aliphatic carbocycles. The third-order valence-electron chi connectivity index (χ3n) is 6.00. The van der Waals surface area contributed by atoms with Gasteiger partial charge in [0, 0.05) is 22.5 Å². The van der Waals surface area contributed by atoms with Gasteiger partial charge in [-0.25, -0.2) is 10.2 Å². The van der Waals surface area contributed by atoms with E-state index in [0.717, 1.165) is 22.6 Å². The highest BCUT2D eigenvalue weighted by Crippen LogP contribution is 2.30. The average molecular weight is 524 g/mol. The molecule has 0 aliphatic rings. The van der Waals surface area contributed by atoms with Crippen LogP contribution in [0.3, 0.4) is 0 Å². The van der Waals surface area contributed by atoms with Crippen LogP contribution in [0, 0.1) is 6.92 Å². The number of carboxylic acids is 1. The van der Waals surface area contributed by atoms with Gasteiger partial charge in [-0.3, -0.25) is 4.79 Å². The summed E-state index contributed by atoms with van der Waals surface area (Å²) in [5, 5.41) is 13.6. The van der Waals surface area contributed by atoms with Gasteiger partial charge in [-0.1, -0.05) is 41.9 Å². The summed E-state index contributed by atoms with van der Waals surface area (Å²) in [6, 6.07) is 29.2. The van der Waals surface area contributed by atoms with Crippen LogP contribution in [0.4, 0.5) is 0 Å². The molecule has 2 N–H and O–H groups in total. The SMILES string of the molecule is Cc1ccc(-c2ccccc2)n1-c1ccc(C(=O)N/N=C/c2ccc(-c3cc(C(=O)O)ccc3Cl)o2)cc1. The third-order valence-corrected chi connectivity index (χ3v) is 6.33. The highest BCUT2D eigenvalue weighted by molar-refractivity contribution is 6.33. The predicted octanol–water partition coefficient (Wildman–Crippen LogP) is 6.83. The Labute approximate surface area is 223 Å². The molecule has 7 nitrogen and oxygen atoms in total. The number of furan rings is 1. The Hall–Kier alpha value is -4.88.